The molecule has 1 saturated carbocycles. The summed E-state index contributed by atoms with van der Waals surface area (Å²) in [6.45, 7) is 0. The SMILES string of the molecule is CON=C1CCc2cc(C3CC3)ccc21. The maximum Gasteiger partial charge on any atom is 0.106 e. The van der Waals surface area contributed by atoms with Gasteiger partial charge in [0.1, 0.15) is 7.11 Å². The molecule has 0 amide bonds. The summed E-state index contributed by atoms with van der Waals surface area (Å²) in [6, 6.07) is 6.84. The molecule has 0 bridgehead atoms. The van der Waals surface area contributed by atoms with Crippen molar-refractivity contribution in [1.82, 2.24) is 0 Å². The van der Waals surface area contributed by atoms with E-state index in [0.29, 0.717) is 0 Å². The van der Waals surface area contributed by atoms with Crippen LogP contribution in [0, 0.1) is 0 Å². The minimum Gasteiger partial charge on any atom is -0.399 e. The van der Waals surface area contributed by atoms with Gasteiger partial charge >= 0.3 is 0 Å². The highest BCUT2D eigenvalue weighted by Gasteiger charge is 2.26. The molecule has 0 N–H and O–H groups in total. The lowest BCUT2D eigenvalue weighted by atomic mass is 10.0. The number of aryl methyl sites for hydroxylation is 1. The van der Waals surface area contributed by atoms with Crippen LogP contribution in [-0.4, -0.2) is 12.8 Å². The van der Waals surface area contributed by atoms with Gasteiger partial charge < -0.3 is 4.84 Å². The molecule has 3 rings (SSSR count). The van der Waals surface area contributed by atoms with E-state index in [0.717, 1.165) is 24.5 Å². The van der Waals surface area contributed by atoms with Gasteiger partial charge in [-0.1, -0.05) is 23.4 Å². The quantitative estimate of drug-likeness (QED) is 0.674. The molecule has 15 heavy (non-hydrogen) atoms. The molecule has 2 heteroatoms. The molecule has 1 fully saturated rings. The Kier molecular flexibility index (Phi) is 2.01. The van der Waals surface area contributed by atoms with Crippen LogP contribution in [0.4, 0.5) is 0 Å². The molecule has 0 spiro atoms. The minimum absolute atomic E-state index is 0.846. The minimum atomic E-state index is 0.846. The summed E-state index contributed by atoms with van der Waals surface area (Å²) in [4.78, 5) is 4.86. The average Bonchev–Trinajstić information content (AvgIpc) is 3.03. The highest BCUT2D eigenvalue weighted by molar-refractivity contribution is 6.04. The first-order chi connectivity index (χ1) is 7.38. The fourth-order valence-corrected chi connectivity index (χ4v) is 2.37. The second-order valence-corrected chi connectivity index (χ2v) is 4.41. The number of rotatable bonds is 2. The van der Waals surface area contributed by atoms with Gasteiger partial charge in [-0.2, -0.15) is 0 Å². The maximum atomic E-state index is 4.86. The van der Waals surface area contributed by atoms with Gasteiger partial charge in [-0.15, -0.1) is 0 Å². The fourth-order valence-electron chi connectivity index (χ4n) is 2.37. The predicted octanol–water partition coefficient (Wildman–Crippen LogP) is 2.86. The van der Waals surface area contributed by atoms with E-state index >= 15 is 0 Å². The maximum absolute atomic E-state index is 4.86. The zero-order valence-corrected chi connectivity index (χ0v) is 8.99. The van der Waals surface area contributed by atoms with Gasteiger partial charge in [0.15, 0.2) is 0 Å². The largest absolute Gasteiger partial charge is 0.399 e. The van der Waals surface area contributed by atoms with Crippen molar-refractivity contribution in [2.24, 2.45) is 5.16 Å². The summed E-state index contributed by atoms with van der Waals surface area (Å²) in [6.07, 6.45) is 4.89. The Balaban J connectivity index is 1.97. The number of hydrogen-bond acceptors (Lipinski definition) is 2. The molecule has 1 aromatic rings. The first kappa shape index (κ1) is 8.96. The van der Waals surface area contributed by atoms with E-state index in [1.807, 2.05) is 0 Å². The lowest BCUT2D eigenvalue weighted by Gasteiger charge is -2.03. The highest BCUT2D eigenvalue weighted by Crippen LogP contribution is 2.41. The summed E-state index contributed by atoms with van der Waals surface area (Å²) < 4.78 is 0. The second kappa shape index (κ2) is 3.37. The third-order valence-corrected chi connectivity index (χ3v) is 3.32. The van der Waals surface area contributed by atoms with E-state index in [9.17, 15) is 0 Å². The van der Waals surface area contributed by atoms with Crippen molar-refractivity contribution in [3.8, 4) is 0 Å². The Morgan fingerprint density at radius 3 is 2.87 bits per heavy atom. The van der Waals surface area contributed by atoms with Gasteiger partial charge in [0.05, 0.1) is 5.71 Å². The molecule has 2 aliphatic carbocycles. The van der Waals surface area contributed by atoms with Gasteiger partial charge in [-0.3, -0.25) is 0 Å². The fraction of sp³-hybridized carbons (Fsp3) is 0.462. The number of oxime groups is 1. The third kappa shape index (κ3) is 1.54. The van der Waals surface area contributed by atoms with Crippen LogP contribution in [0.2, 0.25) is 0 Å². The number of hydrogen-bond donors (Lipinski definition) is 0. The Morgan fingerprint density at radius 2 is 2.13 bits per heavy atom. The molecule has 78 valence electrons. The van der Waals surface area contributed by atoms with Crippen molar-refractivity contribution in [2.75, 3.05) is 7.11 Å². The zero-order chi connectivity index (χ0) is 10.3. The molecule has 0 aromatic heterocycles. The van der Waals surface area contributed by atoms with Crippen LogP contribution in [0.5, 0.6) is 0 Å². The lowest BCUT2D eigenvalue weighted by Crippen LogP contribution is -1.95. The molecular weight excluding hydrogens is 186 g/mol. The Hall–Kier alpha value is -1.31. The molecule has 0 atom stereocenters. The van der Waals surface area contributed by atoms with Crippen LogP contribution in [0.15, 0.2) is 23.4 Å². The molecule has 0 aliphatic heterocycles. The molecular formula is C13H15NO. The van der Waals surface area contributed by atoms with Crippen LogP contribution in [0.25, 0.3) is 0 Å². The standard InChI is InChI=1S/C13H15NO/c1-15-14-13-7-5-11-8-10(9-2-3-9)4-6-12(11)13/h4,6,8-9H,2-3,5,7H2,1H3. The van der Waals surface area contributed by atoms with Gasteiger partial charge in [-0.05, 0) is 42.7 Å². The zero-order valence-electron chi connectivity index (χ0n) is 8.99. The molecule has 0 heterocycles. The normalized spacial score (nSPS) is 21.8. The molecule has 0 radical (unpaired) electrons. The summed E-state index contributed by atoms with van der Waals surface area (Å²) in [5, 5.41) is 4.07. The number of nitrogens with zero attached hydrogens (tertiary/aromatic N) is 1. The van der Waals surface area contributed by atoms with E-state index in [1.54, 1.807) is 7.11 Å². The topological polar surface area (TPSA) is 21.6 Å². The Bertz CT molecular complexity index is 419. The molecule has 0 saturated heterocycles. The van der Waals surface area contributed by atoms with Gasteiger partial charge in [-0.25, -0.2) is 0 Å². The van der Waals surface area contributed by atoms with Gasteiger partial charge in [0.25, 0.3) is 0 Å². The Morgan fingerprint density at radius 1 is 1.27 bits per heavy atom. The van der Waals surface area contributed by atoms with Crippen LogP contribution in [-0.2, 0) is 11.3 Å². The monoisotopic (exact) mass is 201 g/mol. The van der Waals surface area contributed by atoms with Crippen LogP contribution in [0.1, 0.15) is 41.9 Å². The first-order valence-corrected chi connectivity index (χ1v) is 5.61. The Labute approximate surface area is 89.9 Å². The summed E-state index contributed by atoms with van der Waals surface area (Å²) in [7, 11) is 1.61. The van der Waals surface area contributed by atoms with Crippen LogP contribution >= 0.6 is 0 Å². The van der Waals surface area contributed by atoms with Crippen molar-refractivity contribution in [1.29, 1.82) is 0 Å². The average molecular weight is 201 g/mol. The highest BCUT2D eigenvalue weighted by atomic mass is 16.6. The molecule has 2 nitrogen and oxygen atoms in total. The number of fused-ring (bicyclic) bond motifs is 1. The van der Waals surface area contributed by atoms with E-state index in [4.69, 9.17) is 4.84 Å². The molecule has 2 aliphatic rings. The van der Waals surface area contributed by atoms with Crippen LogP contribution < -0.4 is 0 Å². The van der Waals surface area contributed by atoms with Gasteiger partial charge in [0.2, 0.25) is 0 Å². The summed E-state index contributed by atoms with van der Waals surface area (Å²) >= 11 is 0. The first-order valence-electron chi connectivity index (χ1n) is 5.61. The van der Waals surface area contributed by atoms with Crippen molar-refractivity contribution in [3.05, 3.63) is 34.9 Å². The van der Waals surface area contributed by atoms with Crippen molar-refractivity contribution < 1.29 is 4.84 Å². The van der Waals surface area contributed by atoms with E-state index < -0.39 is 0 Å². The van der Waals surface area contributed by atoms with E-state index in [2.05, 4.69) is 23.4 Å². The number of benzene rings is 1. The van der Waals surface area contributed by atoms with E-state index in [-0.39, 0.29) is 0 Å². The molecule has 1 aromatic carbocycles. The third-order valence-electron chi connectivity index (χ3n) is 3.32. The predicted molar refractivity (Wildman–Crippen MR) is 60.3 cm³/mol. The van der Waals surface area contributed by atoms with Crippen molar-refractivity contribution in [3.63, 3.8) is 0 Å². The lowest BCUT2D eigenvalue weighted by molar-refractivity contribution is 0.213. The van der Waals surface area contributed by atoms with E-state index in [1.165, 1.54) is 29.5 Å². The second-order valence-electron chi connectivity index (χ2n) is 4.41. The van der Waals surface area contributed by atoms with Crippen LogP contribution in [0.3, 0.4) is 0 Å². The molecule has 0 unspecified atom stereocenters. The smallest absolute Gasteiger partial charge is 0.106 e. The summed E-state index contributed by atoms with van der Waals surface area (Å²) in [5.41, 5.74) is 5.37. The van der Waals surface area contributed by atoms with Crippen molar-refractivity contribution >= 4 is 5.71 Å². The summed E-state index contributed by atoms with van der Waals surface area (Å²) in [5.74, 6) is 0.846. The van der Waals surface area contributed by atoms with Gasteiger partial charge in [0, 0.05) is 5.56 Å². The van der Waals surface area contributed by atoms with Crippen molar-refractivity contribution in [2.45, 2.75) is 31.6 Å².